The fraction of sp³-hybridized carbons (Fsp3) is 0.839. The first-order chi connectivity index (χ1) is 24.8. The molecule has 0 rings (SSSR count). The molecule has 0 saturated carbocycles. The lowest BCUT2D eigenvalue weighted by molar-refractivity contribution is -0.128. The number of Topliss-reactive ketones (excluding diaryl/α,β-unsaturated/α-hetero) is 1. The van der Waals surface area contributed by atoms with Crippen molar-refractivity contribution in [2.24, 2.45) is 5.73 Å². The molecule has 0 aliphatic heterocycles. The molecule has 51 heavy (non-hydrogen) atoms. The molecule has 298 valence electrons. The highest BCUT2D eigenvalue weighted by atomic mass is 16.5. The molecule has 0 aromatic heterocycles. The topological polar surface area (TPSA) is 252 Å². The number of amides is 4. The van der Waals surface area contributed by atoms with E-state index in [0.29, 0.717) is 79.0 Å². The van der Waals surface area contributed by atoms with Crippen molar-refractivity contribution in [1.29, 1.82) is 0 Å². The second-order valence-corrected chi connectivity index (χ2v) is 10.2. The van der Waals surface area contributed by atoms with Crippen molar-refractivity contribution in [1.82, 2.24) is 21.3 Å². The summed E-state index contributed by atoms with van der Waals surface area (Å²) in [5.41, 5.74) is 5.30. The summed E-state index contributed by atoms with van der Waals surface area (Å²) in [7, 11) is 0. The minimum atomic E-state index is -0.300. The summed E-state index contributed by atoms with van der Waals surface area (Å²) in [5, 5.41) is 10.6. The molecule has 0 aliphatic rings. The van der Waals surface area contributed by atoms with Crippen LogP contribution in [0.2, 0.25) is 0 Å². The van der Waals surface area contributed by atoms with E-state index in [4.69, 9.17) is 53.1 Å². The van der Waals surface area contributed by atoms with Gasteiger partial charge in [-0.15, -0.1) is 0 Å². The van der Waals surface area contributed by atoms with Crippen LogP contribution in [0.1, 0.15) is 6.92 Å². The number of hydrogen-bond donors (Lipinski definition) is 5. The summed E-state index contributed by atoms with van der Waals surface area (Å²) in [4.78, 5) is 57.6. The Morgan fingerprint density at radius 1 is 0.353 bits per heavy atom. The number of rotatable bonds is 39. The van der Waals surface area contributed by atoms with Gasteiger partial charge in [0.2, 0.25) is 23.6 Å². The third-order valence-corrected chi connectivity index (χ3v) is 5.63. The van der Waals surface area contributed by atoms with Crippen LogP contribution in [-0.4, -0.2) is 194 Å². The molecule has 0 radical (unpaired) electrons. The van der Waals surface area contributed by atoms with Crippen LogP contribution >= 0.6 is 0 Å². The molecular weight excluding hydrogens is 682 g/mol. The monoisotopic (exact) mass is 741 g/mol. The third kappa shape index (κ3) is 39.7. The normalized spacial score (nSPS) is 10.9. The molecule has 20 heteroatoms. The van der Waals surface area contributed by atoms with Crippen LogP contribution in [0.3, 0.4) is 0 Å². The number of carbonyl (C=O) groups excluding carboxylic acids is 5. The van der Waals surface area contributed by atoms with Crippen molar-refractivity contribution in [3.63, 3.8) is 0 Å². The SMILES string of the molecule is CC(=O)COCCOCCNC(=O)COCCOCCNC(=O)COCCOCCNC(=O)COCCOCCNC(=O)COCCOCCN. The van der Waals surface area contributed by atoms with Gasteiger partial charge in [-0.05, 0) is 6.92 Å². The number of nitrogens with two attached hydrogens (primary N) is 1. The quantitative estimate of drug-likeness (QED) is 0.0379. The first kappa shape index (κ1) is 48.1. The van der Waals surface area contributed by atoms with E-state index in [0.717, 1.165) is 0 Å². The van der Waals surface area contributed by atoms with E-state index in [2.05, 4.69) is 21.3 Å². The minimum Gasteiger partial charge on any atom is -0.378 e. The van der Waals surface area contributed by atoms with E-state index in [9.17, 15) is 24.0 Å². The summed E-state index contributed by atoms with van der Waals surface area (Å²) < 4.78 is 52.4. The molecule has 6 N–H and O–H groups in total. The molecular formula is C31H59N5O15. The summed E-state index contributed by atoms with van der Waals surface area (Å²) in [5.74, 6) is -1.18. The highest BCUT2D eigenvalue weighted by Crippen LogP contribution is 1.85. The van der Waals surface area contributed by atoms with Gasteiger partial charge in [-0.3, -0.25) is 24.0 Å². The second-order valence-electron chi connectivity index (χ2n) is 10.2. The van der Waals surface area contributed by atoms with Crippen LogP contribution in [-0.2, 0) is 71.3 Å². The zero-order valence-corrected chi connectivity index (χ0v) is 29.9. The highest BCUT2D eigenvalue weighted by Gasteiger charge is 2.05. The summed E-state index contributed by atoms with van der Waals surface area (Å²) >= 11 is 0. The fourth-order valence-corrected chi connectivity index (χ4v) is 3.31. The van der Waals surface area contributed by atoms with Crippen LogP contribution in [0.4, 0.5) is 0 Å². The van der Waals surface area contributed by atoms with Gasteiger partial charge in [0.1, 0.15) is 33.0 Å². The Bertz CT molecular complexity index is 888. The predicted molar refractivity (Wildman–Crippen MR) is 180 cm³/mol. The van der Waals surface area contributed by atoms with Gasteiger partial charge < -0.3 is 74.4 Å². The van der Waals surface area contributed by atoms with E-state index in [1.54, 1.807) is 0 Å². The van der Waals surface area contributed by atoms with Crippen LogP contribution < -0.4 is 27.0 Å². The maximum absolute atomic E-state index is 11.8. The lowest BCUT2D eigenvalue weighted by atomic mass is 10.5. The van der Waals surface area contributed by atoms with Crippen molar-refractivity contribution in [3.05, 3.63) is 0 Å². The molecule has 4 amide bonds. The summed E-state index contributed by atoms with van der Waals surface area (Å²) in [6.07, 6.45) is 0. The lowest BCUT2D eigenvalue weighted by Crippen LogP contribution is -2.32. The van der Waals surface area contributed by atoms with Gasteiger partial charge in [0.05, 0.1) is 99.1 Å². The Morgan fingerprint density at radius 2 is 0.588 bits per heavy atom. The van der Waals surface area contributed by atoms with Crippen molar-refractivity contribution >= 4 is 29.4 Å². The Labute approximate surface area is 299 Å². The fourth-order valence-electron chi connectivity index (χ4n) is 3.31. The van der Waals surface area contributed by atoms with E-state index < -0.39 is 0 Å². The molecule has 0 aromatic carbocycles. The predicted octanol–water partition coefficient (Wildman–Crippen LogP) is -3.84. The van der Waals surface area contributed by atoms with Gasteiger partial charge in [-0.1, -0.05) is 0 Å². The van der Waals surface area contributed by atoms with Crippen LogP contribution in [0, 0.1) is 0 Å². The Morgan fingerprint density at radius 3 is 0.843 bits per heavy atom. The molecule has 0 aliphatic carbocycles. The van der Waals surface area contributed by atoms with Gasteiger partial charge in [0, 0.05) is 32.7 Å². The number of ketones is 1. The van der Waals surface area contributed by atoms with E-state index in [-0.39, 0.29) is 115 Å². The zero-order chi connectivity index (χ0) is 37.5. The average Bonchev–Trinajstić information content (AvgIpc) is 3.10. The first-order valence-corrected chi connectivity index (χ1v) is 16.9. The van der Waals surface area contributed by atoms with Gasteiger partial charge >= 0.3 is 0 Å². The molecule has 0 spiro atoms. The Hall–Kier alpha value is -2.89. The molecule has 20 nitrogen and oxygen atoms in total. The lowest BCUT2D eigenvalue weighted by Gasteiger charge is -2.09. The number of hydrogen-bond acceptors (Lipinski definition) is 16. The van der Waals surface area contributed by atoms with Crippen molar-refractivity contribution in [3.8, 4) is 0 Å². The molecule has 0 fully saturated rings. The molecule has 0 heterocycles. The Kier molecular flexibility index (Phi) is 36.2. The largest absolute Gasteiger partial charge is 0.378 e. The summed E-state index contributed by atoms with van der Waals surface area (Å²) in [6, 6.07) is 0. The van der Waals surface area contributed by atoms with Crippen molar-refractivity contribution in [2.45, 2.75) is 6.92 Å². The number of nitrogens with one attached hydrogen (secondary N) is 4. The maximum atomic E-state index is 11.8. The molecule has 0 unspecified atom stereocenters. The number of carbonyl (C=O) groups is 5. The molecule has 0 saturated heterocycles. The van der Waals surface area contributed by atoms with Gasteiger partial charge in [0.25, 0.3) is 0 Å². The average molecular weight is 742 g/mol. The van der Waals surface area contributed by atoms with Crippen molar-refractivity contribution < 1.29 is 71.3 Å². The standard InChI is InChI=1S/C31H59N5O15/c1-27(37)22-47-17-13-43-8-3-33-29(39)24-49-19-15-45-10-5-35-31(41)26-51-21-16-46-11-6-36-30(40)25-50-20-14-44-9-4-34-28(38)23-48-18-12-42-7-2-32/h2-26,32H2,1H3,(H,33,39)(H,34,38)(H,35,41)(H,36,40). The van der Waals surface area contributed by atoms with E-state index >= 15 is 0 Å². The smallest absolute Gasteiger partial charge is 0.246 e. The number of ether oxygens (including phenoxy) is 10. The molecule has 0 atom stereocenters. The zero-order valence-electron chi connectivity index (χ0n) is 29.9. The molecule has 0 aromatic rings. The maximum Gasteiger partial charge on any atom is 0.246 e. The van der Waals surface area contributed by atoms with Crippen molar-refractivity contribution in [2.75, 3.05) is 165 Å². The first-order valence-electron chi connectivity index (χ1n) is 16.9. The van der Waals surface area contributed by atoms with E-state index in [1.807, 2.05) is 0 Å². The van der Waals surface area contributed by atoms with Gasteiger partial charge in [-0.25, -0.2) is 0 Å². The second kappa shape index (κ2) is 38.3. The molecule has 0 bridgehead atoms. The van der Waals surface area contributed by atoms with Crippen LogP contribution in [0.5, 0.6) is 0 Å². The van der Waals surface area contributed by atoms with Crippen LogP contribution in [0.25, 0.3) is 0 Å². The van der Waals surface area contributed by atoms with Gasteiger partial charge in [-0.2, -0.15) is 0 Å². The van der Waals surface area contributed by atoms with Gasteiger partial charge in [0.15, 0.2) is 5.78 Å². The van der Waals surface area contributed by atoms with E-state index in [1.165, 1.54) is 6.92 Å². The van der Waals surface area contributed by atoms with Crippen LogP contribution in [0.15, 0.2) is 0 Å². The minimum absolute atomic E-state index is 0.0500. The highest BCUT2D eigenvalue weighted by molar-refractivity contribution is 5.78. The summed E-state index contributed by atoms with van der Waals surface area (Å²) in [6.45, 7) is 7.15. The third-order valence-electron chi connectivity index (χ3n) is 5.63. The Balaban J connectivity index is 3.36.